The van der Waals surface area contributed by atoms with Gasteiger partial charge in [-0.1, -0.05) is 66.7 Å². The lowest BCUT2D eigenvalue weighted by molar-refractivity contribution is -0.144. The first kappa shape index (κ1) is 32.2. The SMILES string of the molecule is COc1ccccc1C(=O)NC1CCN(C(=O)[C@H]2CC[C@@](C(=O)N[C@@H](CC(N)=O)C(=O)O)(c3ccccc3)c3ccccc32)CC1. The average Bonchev–Trinajstić information content (AvgIpc) is 3.07. The number of piperidine rings is 1. The smallest absolute Gasteiger partial charge is 0.326 e. The van der Waals surface area contributed by atoms with Gasteiger partial charge in [0.15, 0.2) is 0 Å². The van der Waals surface area contributed by atoms with Crippen LogP contribution in [0.3, 0.4) is 0 Å². The van der Waals surface area contributed by atoms with Crippen molar-refractivity contribution in [3.63, 3.8) is 0 Å². The molecule has 0 spiro atoms. The second-order valence-corrected chi connectivity index (χ2v) is 11.8. The van der Waals surface area contributed by atoms with Crippen molar-refractivity contribution < 1.29 is 33.8 Å². The maximum absolute atomic E-state index is 14.2. The fraction of sp³-hybridized carbons (Fsp3) is 0.343. The number of benzene rings is 3. The van der Waals surface area contributed by atoms with E-state index >= 15 is 0 Å². The summed E-state index contributed by atoms with van der Waals surface area (Å²) in [6, 6.07) is 21.8. The number of para-hydroxylation sites is 1. The number of nitrogens with two attached hydrogens (primary N) is 1. The number of carboxylic acids is 1. The number of methoxy groups -OCH3 is 1. The van der Waals surface area contributed by atoms with E-state index in [2.05, 4.69) is 10.6 Å². The standard InChI is InChI=1S/C35H38N4O7/c1-46-29-14-8-6-12-26(29)31(41)37-23-16-19-39(20-17-23)32(42)25-15-18-35(22-9-3-2-4-10-22,27-13-7-5-11-24(25)27)34(45)38-28(33(43)44)21-30(36)40/h2-14,23,25,28H,15-21H2,1H3,(H2,36,40)(H,37,41)(H,38,45)(H,43,44)/t25-,28-,35+/m0/s1. The molecule has 3 atom stereocenters. The topological polar surface area (TPSA) is 168 Å². The first-order valence-corrected chi connectivity index (χ1v) is 15.4. The number of amides is 4. The van der Waals surface area contributed by atoms with E-state index in [1.54, 1.807) is 42.5 Å². The number of primary amides is 1. The van der Waals surface area contributed by atoms with Crippen molar-refractivity contribution in [3.05, 3.63) is 101 Å². The van der Waals surface area contributed by atoms with Gasteiger partial charge < -0.3 is 31.1 Å². The highest BCUT2D eigenvalue weighted by atomic mass is 16.5. The third-order valence-corrected chi connectivity index (χ3v) is 9.06. The van der Waals surface area contributed by atoms with E-state index < -0.39 is 41.6 Å². The molecule has 5 rings (SSSR count). The molecule has 11 nitrogen and oxygen atoms in total. The van der Waals surface area contributed by atoms with E-state index in [9.17, 15) is 29.1 Å². The van der Waals surface area contributed by atoms with E-state index in [0.29, 0.717) is 60.4 Å². The number of hydrogen-bond donors (Lipinski definition) is 4. The number of nitrogens with one attached hydrogen (secondary N) is 2. The molecule has 1 aliphatic carbocycles. The summed E-state index contributed by atoms with van der Waals surface area (Å²) in [4.78, 5) is 66.5. The Bertz CT molecular complexity index is 1620. The third kappa shape index (κ3) is 6.44. The van der Waals surface area contributed by atoms with Crippen LogP contribution in [0.4, 0.5) is 0 Å². The van der Waals surface area contributed by atoms with Crippen LogP contribution in [0.2, 0.25) is 0 Å². The zero-order valence-corrected chi connectivity index (χ0v) is 25.6. The van der Waals surface area contributed by atoms with Crippen LogP contribution < -0.4 is 21.1 Å². The molecular weight excluding hydrogens is 588 g/mol. The van der Waals surface area contributed by atoms with Gasteiger partial charge in [-0.15, -0.1) is 0 Å². The lowest BCUT2D eigenvalue weighted by atomic mass is 9.62. The van der Waals surface area contributed by atoms with Gasteiger partial charge in [-0.05, 0) is 54.5 Å². The fourth-order valence-corrected chi connectivity index (χ4v) is 6.73. The van der Waals surface area contributed by atoms with Crippen LogP contribution in [0.5, 0.6) is 5.75 Å². The predicted molar refractivity (Wildman–Crippen MR) is 169 cm³/mol. The lowest BCUT2D eigenvalue weighted by Gasteiger charge is -2.43. The second-order valence-electron chi connectivity index (χ2n) is 11.8. The molecule has 4 amide bonds. The normalized spacial score (nSPS) is 20.1. The molecule has 3 aromatic rings. The van der Waals surface area contributed by atoms with Gasteiger partial charge in [0.1, 0.15) is 11.8 Å². The molecule has 1 fully saturated rings. The van der Waals surface area contributed by atoms with Crippen LogP contribution in [-0.4, -0.2) is 71.9 Å². The quantitative estimate of drug-likeness (QED) is 0.268. The Morgan fingerprint density at radius 2 is 1.59 bits per heavy atom. The highest BCUT2D eigenvalue weighted by molar-refractivity contribution is 5.98. The summed E-state index contributed by atoms with van der Waals surface area (Å²) in [5.41, 5.74) is 6.41. The Hall–Kier alpha value is -5.19. The molecule has 2 aliphatic rings. The first-order valence-electron chi connectivity index (χ1n) is 15.4. The summed E-state index contributed by atoms with van der Waals surface area (Å²) in [5, 5.41) is 15.4. The minimum Gasteiger partial charge on any atom is -0.496 e. The molecule has 11 heteroatoms. The number of aliphatic carboxylic acids is 1. The molecule has 5 N–H and O–H groups in total. The van der Waals surface area contributed by atoms with Crippen molar-refractivity contribution in [2.75, 3.05) is 20.2 Å². The van der Waals surface area contributed by atoms with Gasteiger partial charge in [-0.2, -0.15) is 0 Å². The number of carboxylic acid groups (broad SMARTS) is 1. The van der Waals surface area contributed by atoms with Gasteiger partial charge in [0.25, 0.3) is 5.91 Å². The van der Waals surface area contributed by atoms with E-state index in [0.717, 1.165) is 0 Å². The summed E-state index contributed by atoms with van der Waals surface area (Å²) in [5.74, 6) is -3.08. The van der Waals surface area contributed by atoms with Crippen molar-refractivity contribution in [2.24, 2.45) is 5.73 Å². The number of fused-ring (bicyclic) bond motifs is 1. The molecule has 0 bridgehead atoms. The molecule has 0 aromatic heterocycles. The van der Waals surface area contributed by atoms with Crippen LogP contribution in [-0.2, 0) is 24.6 Å². The number of ether oxygens (including phenoxy) is 1. The van der Waals surface area contributed by atoms with Gasteiger partial charge in [-0.3, -0.25) is 19.2 Å². The van der Waals surface area contributed by atoms with Crippen molar-refractivity contribution >= 4 is 29.6 Å². The average molecular weight is 627 g/mol. The van der Waals surface area contributed by atoms with Crippen LogP contribution in [0.15, 0.2) is 78.9 Å². The summed E-state index contributed by atoms with van der Waals surface area (Å²) < 4.78 is 5.32. The zero-order valence-electron chi connectivity index (χ0n) is 25.6. The second kappa shape index (κ2) is 13.8. The Kier molecular flexibility index (Phi) is 9.69. The third-order valence-electron chi connectivity index (χ3n) is 9.06. The summed E-state index contributed by atoms with van der Waals surface area (Å²) >= 11 is 0. The van der Waals surface area contributed by atoms with Crippen molar-refractivity contribution in [2.45, 2.75) is 55.5 Å². The Labute approximate surface area is 267 Å². The number of likely N-dealkylation sites (tertiary alicyclic amines) is 1. The first-order chi connectivity index (χ1) is 22.1. The molecule has 0 saturated carbocycles. The molecule has 0 radical (unpaired) electrons. The number of hydrogen-bond acceptors (Lipinski definition) is 6. The summed E-state index contributed by atoms with van der Waals surface area (Å²) in [7, 11) is 1.52. The Morgan fingerprint density at radius 3 is 2.26 bits per heavy atom. The molecule has 240 valence electrons. The number of rotatable bonds is 10. The van der Waals surface area contributed by atoms with E-state index in [-0.39, 0.29) is 24.3 Å². The summed E-state index contributed by atoms with van der Waals surface area (Å²) in [6.07, 6.45) is 1.21. The van der Waals surface area contributed by atoms with Crippen molar-refractivity contribution in [1.82, 2.24) is 15.5 Å². The minimum absolute atomic E-state index is 0.0545. The summed E-state index contributed by atoms with van der Waals surface area (Å²) in [6.45, 7) is 0.929. The van der Waals surface area contributed by atoms with Crippen LogP contribution in [0.25, 0.3) is 0 Å². The molecule has 3 aromatic carbocycles. The van der Waals surface area contributed by atoms with E-state index in [4.69, 9.17) is 10.5 Å². The molecule has 46 heavy (non-hydrogen) atoms. The Morgan fingerprint density at radius 1 is 0.935 bits per heavy atom. The van der Waals surface area contributed by atoms with Crippen LogP contribution >= 0.6 is 0 Å². The van der Waals surface area contributed by atoms with Gasteiger partial charge in [-0.25, -0.2) is 4.79 Å². The minimum atomic E-state index is -1.50. The number of nitrogens with zero attached hydrogens (tertiary/aromatic N) is 1. The largest absolute Gasteiger partial charge is 0.496 e. The van der Waals surface area contributed by atoms with Crippen molar-refractivity contribution in [1.29, 1.82) is 0 Å². The number of carbonyl (C=O) groups excluding carboxylic acids is 4. The molecular formula is C35H38N4O7. The molecule has 1 heterocycles. The fourth-order valence-electron chi connectivity index (χ4n) is 6.73. The number of carbonyl (C=O) groups is 5. The maximum atomic E-state index is 14.2. The Balaban J connectivity index is 1.36. The van der Waals surface area contributed by atoms with Crippen LogP contribution in [0.1, 0.15) is 65.1 Å². The van der Waals surface area contributed by atoms with Crippen molar-refractivity contribution in [3.8, 4) is 5.75 Å². The molecule has 1 aliphatic heterocycles. The highest BCUT2D eigenvalue weighted by Crippen LogP contribution is 2.48. The lowest BCUT2D eigenvalue weighted by Crippen LogP contribution is -2.54. The van der Waals surface area contributed by atoms with E-state index in [1.807, 2.05) is 41.3 Å². The maximum Gasteiger partial charge on any atom is 0.326 e. The predicted octanol–water partition coefficient (Wildman–Crippen LogP) is 2.72. The van der Waals surface area contributed by atoms with Gasteiger partial charge in [0.05, 0.1) is 30.4 Å². The zero-order chi connectivity index (χ0) is 32.8. The van der Waals surface area contributed by atoms with E-state index in [1.165, 1.54) is 7.11 Å². The van der Waals surface area contributed by atoms with Gasteiger partial charge in [0.2, 0.25) is 17.7 Å². The highest BCUT2D eigenvalue weighted by Gasteiger charge is 2.49. The molecule has 0 unspecified atom stereocenters. The van der Waals surface area contributed by atoms with Crippen LogP contribution in [0, 0.1) is 0 Å². The molecule has 1 saturated heterocycles. The monoisotopic (exact) mass is 626 g/mol. The van der Waals surface area contributed by atoms with Gasteiger partial charge >= 0.3 is 5.97 Å². The van der Waals surface area contributed by atoms with Gasteiger partial charge in [0, 0.05) is 19.1 Å².